The lowest BCUT2D eigenvalue weighted by atomic mass is 9.96. The van der Waals surface area contributed by atoms with E-state index in [-0.39, 0.29) is 16.5 Å². The molecule has 214 valence electrons. The average Bonchev–Trinajstić information content (AvgIpc) is 3.19. The smallest absolute Gasteiger partial charge is 0.383 e. The Bertz CT molecular complexity index is 1740. The van der Waals surface area contributed by atoms with Crippen molar-refractivity contribution in [3.05, 3.63) is 69.8 Å². The van der Waals surface area contributed by atoms with Gasteiger partial charge in [-0.1, -0.05) is 24.2 Å². The molecule has 0 fully saturated rings. The number of hydrogen-bond acceptors (Lipinski definition) is 5. The predicted octanol–water partition coefficient (Wildman–Crippen LogP) is 6.71. The summed E-state index contributed by atoms with van der Waals surface area (Å²) >= 11 is 9.89. The highest BCUT2D eigenvalue weighted by molar-refractivity contribution is 9.10. The summed E-state index contributed by atoms with van der Waals surface area (Å²) in [4.78, 5) is 32.6. The first kappa shape index (κ1) is 30.0. The van der Waals surface area contributed by atoms with Gasteiger partial charge in [0.25, 0.3) is 11.8 Å². The van der Waals surface area contributed by atoms with Crippen LogP contribution in [0.15, 0.2) is 53.5 Å². The number of anilines is 2. The van der Waals surface area contributed by atoms with Crippen LogP contribution in [0.1, 0.15) is 23.0 Å². The van der Waals surface area contributed by atoms with E-state index >= 15 is 0 Å². The summed E-state index contributed by atoms with van der Waals surface area (Å²) in [5.74, 6) is -3.01. The third-order valence-electron chi connectivity index (χ3n) is 6.36. The molecular weight excluding hydrogens is 632 g/mol. The van der Waals surface area contributed by atoms with Gasteiger partial charge in [0.15, 0.2) is 5.83 Å². The molecule has 4 rings (SSSR count). The number of alkyl halides is 3. The van der Waals surface area contributed by atoms with Gasteiger partial charge in [-0.2, -0.15) is 13.2 Å². The average molecular weight is 654 g/mol. The number of aromatic nitrogens is 3. The number of nitrogen functional groups attached to an aromatic ring is 1. The molecule has 2 amide bonds. The molecule has 1 aromatic carbocycles. The first-order chi connectivity index (χ1) is 19.1. The van der Waals surface area contributed by atoms with Crippen molar-refractivity contribution < 1.29 is 27.2 Å². The van der Waals surface area contributed by atoms with Gasteiger partial charge < -0.3 is 20.9 Å². The molecule has 1 atom stereocenters. The minimum Gasteiger partial charge on any atom is -0.383 e. The number of amides is 2. The normalized spacial score (nSPS) is 12.3. The van der Waals surface area contributed by atoms with E-state index in [0.29, 0.717) is 49.0 Å². The molecule has 0 spiro atoms. The van der Waals surface area contributed by atoms with Crippen LogP contribution in [0.2, 0.25) is 5.02 Å². The zero-order valence-corrected chi connectivity index (χ0v) is 24.1. The van der Waals surface area contributed by atoms with Crippen molar-refractivity contribution in [3.8, 4) is 22.4 Å². The molecule has 3 heterocycles. The van der Waals surface area contributed by atoms with E-state index in [1.165, 1.54) is 12.3 Å². The number of rotatable bonds is 6. The number of benzene rings is 1. The lowest BCUT2D eigenvalue weighted by Crippen LogP contribution is -2.43. The highest BCUT2D eigenvalue weighted by atomic mass is 79.9. The fourth-order valence-electron chi connectivity index (χ4n) is 4.36. The number of nitrogens with zero attached hydrogens (tertiary/aromatic N) is 3. The summed E-state index contributed by atoms with van der Waals surface area (Å²) in [7, 11) is 1.79. The first-order valence-corrected chi connectivity index (χ1v) is 13.0. The maximum atomic E-state index is 13.2. The van der Waals surface area contributed by atoms with Crippen LogP contribution < -0.4 is 16.4 Å². The van der Waals surface area contributed by atoms with Crippen molar-refractivity contribution in [1.82, 2.24) is 19.9 Å². The zero-order chi connectivity index (χ0) is 30.4. The standard InChI is InChI=1S/C27H22BrClF4N6O2/c1-11-7-15(38-25(40)12(2)30)5-6-16(11)22-19(20-23(39(22)4)17(28)10-36-24(20)34)14-8-18(29)21(35-9-14)26(41)37-13(3)27(31,32)33/h5-10,13H,2H2,1,3-4H3,(H2,34,36)(H,37,41)(H,38,40)/t13-/m0/s1. The minimum atomic E-state index is -4.64. The highest BCUT2D eigenvalue weighted by Gasteiger charge is 2.37. The molecular formula is C27H22BrClF4N6O2. The number of aryl methyl sites for hydroxylation is 2. The van der Waals surface area contributed by atoms with Gasteiger partial charge in [0.1, 0.15) is 17.6 Å². The van der Waals surface area contributed by atoms with Gasteiger partial charge in [0, 0.05) is 41.8 Å². The zero-order valence-electron chi connectivity index (χ0n) is 21.8. The maximum Gasteiger partial charge on any atom is 0.408 e. The Balaban J connectivity index is 1.90. The van der Waals surface area contributed by atoms with E-state index in [4.69, 9.17) is 17.3 Å². The molecule has 4 aromatic rings. The van der Waals surface area contributed by atoms with E-state index in [2.05, 4.69) is 37.8 Å². The molecule has 0 saturated carbocycles. The fourth-order valence-corrected chi connectivity index (χ4v) is 5.17. The van der Waals surface area contributed by atoms with Gasteiger partial charge in [-0.15, -0.1) is 0 Å². The molecule has 0 aliphatic heterocycles. The van der Waals surface area contributed by atoms with E-state index in [1.54, 1.807) is 38.4 Å². The van der Waals surface area contributed by atoms with Crippen LogP contribution in [0.25, 0.3) is 33.3 Å². The van der Waals surface area contributed by atoms with Crippen LogP contribution in [0.3, 0.4) is 0 Å². The number of halogens is 6. The third kappa shape index (κ3) is 5.77. The second-order valence-corrected chi connectivity index (χ2v) is 10.4. The SMILES string of the molecule is C=C(F)C(=O)Nc1ccc(-c2c(-c3cnc(C(=O)N[C@@H](C)C(F)(F)F)c(Cl)c3)c3c(N)ncc(Br)c3n2C)c(C)c1. The molecule has 0 saturated heterocycles. The summed E-state index contributed by atoms with van der Waals surface area (Å²) in [6.45, 7) is 5.58. The molecule has 0 bridgehead atoms. The molecule has 0 aliphatic carbocycles. The number of fused-ring (bicyclic) bond motifs is 1. The second-order valence-electron chi connectivity index (χ2n) is 9.18. The topological polar surface area (TPSA) is 115 Å². The molecule has 14 heteroatoms. The second kappa shape index (κ2) is 11.1. The first-order valence-electron chi connectivity index (χ1n) is 11.8. The number of carbonyl (C=O) groups is 2. The van der Waals surface area contributed by atoms with Gasteiger partial charge in [-0.25, -0.2) is 14.4 Å². The van der Waals surface area contributed by atoms with Crippen molar-refractivity contribution in [1.29, 1.82) is 0 Å². The lowest BCUT2D eigenvalue weighted by Gasteiger charge is -2.17. The minimum absolute atomic E-state index is 0.180. The summed E-state index contributed by atoms with van der Waals surface area (Å²) in [6.07, 6.45) is -1.79. The summed E-state index contributed by atoms with van der Waals surface area (Å²) < 4.78 is 54.6. The largest absolute Gasteiger partial charge is 0.408 e. The predicted molar refractivity (Wildman–Crippen MR) is 153 cm³/mol. The molecule has 0 unspecified atom stereocenters. The van der Waals surface area contributed by atoms with Gasteiger partial charge in [-0.3, -0.25) is 9.59 Å². The Morgan fingerprint density at radius 2 is 1.88 bits per heavy atom. The molecule has 4 N–H and O–H groups in total. The van der Waals surface area contributed by atoms with Crippen LogP contribution in [-0.2, 0) is 11.8 Å². The quantitative estimate of drug-likeness (QED) is 0.158. The summed E-state index contributed by atoms with van der Waals surface area (Å²) in [6, 6.07) is 4.25. The molecule has 0 aliphatic rings. The van der Waals surface area contributed by atoms with Crippen molar-refractivity contribution in [2.75, 3.05) is 11.1 Å². The Morgan fingerprint density at radius 1 is 1.20 bits per heavy atom. The Morgan fingerprint density at radius 3 is 2.46 bits per heavy atom. The monoisotopic (exact) mass is 652 g/mol. The number of hydrogen-bond donors (Lipinski definition) is 3. The Labute approximate surface area is 244 Å². The van der Waals surface area contributed by atoms with Crippen molar-refractivity contribution in [2.45, 2.75) is 26.1 Å². The van der Waals surface area contributed by atoms with E-state index in [0.717, 1.165) is 6.92 Å². The van der Waals surface area contributed by atoms with Crippen LogP contribution in [0, 0.1) is 6.92 Å². The van der Waals surface area contributed by atoms with Crippen molar-refractivity contribution >= 4 is 61.8 Å². The number of nitrogens with two attached hydrogens (primary N) is 1. The number of pyridine rings is 2. The summed E-state index contributed by atoms with van der Waals surface area (Å²) in [5.41, 5.74) is 9.91. The maximum absolute atomic E-state index is 13.2. The van der Waals surface area contributed by atoms with E-state index < -0.39 is 29.9 Å². The lowest BCUT2D eigenvalue weighted by molar-refractivity contribution is -0.149. The van der Waals surface area contributed by atoms with Gasteiger partial charge in [0.2, 0.25) is 0 Å². The fraction of sp³-hybridized carbons (Fsp3) is 0.185. The molecule has 41 heavy (non-hydrogen) atoms. The summed E-state index contributed by atoms with van der Waals surface area (Å²) in [5, 5.41) is 4.62. The van der Waals surface area contributed by atoms with Crippen LogP contribution in [0.4, 0.5) is 29.1 Å². The molecule has 8 nitrogen and oxygen atoms in total. The molecule has 0 radical (unpaired) electrons. The third-order valence-corrected chi connectivity index (χ3v) is 7.23. The number of nitrogens with one attached hydrogen (secondary N) is 2. The van der Waals surface area contributed by atoms with Gasteiger partial charge in [-0.05, 0) is 53.5 Å². The van der Waals surface area contributed by atoms with Crippen LogP contribution in [-0.4, -0.2) is 38.6 Å². The van der Waals surface area contributed by atoms with Gasteiger partial charge >= 0.3 is 6.18 Å². The van der Waals surface area contributed by atoms with E-state index in [9.17, 15) is 27.2 Å². The van der Waals surface area contributed by atoms with E-state index in [1.807, 2.05) is 9.88 Å². The Kier molecular flexibility index (Phi) is 8.14. The Hall–Kier alpha value is -3.97. The number of carbonyl (C=O) groups excluding carboxylic acids is 2. The van der Waals surface area contributed by atoms with Crippen molar-refractivity contribution in [3.63, 3.8) is 0 Å². The molecule has 3 aromatic heterocycles. The highest BCUT2D eigenvalue weighted by Crippen LogP contribution is 2.45. The van der Waals surface area contributed by atoms with Crippen LogP contribution >= 0.6 is 27.5 Å². The van der Waals surface area contributed by atoms with Crippen molar-refractivity contribution in [2.24, 2.45) is 7.05 Å². The van der Waals surface area contributed by atoms with Gasteiger partial charge in [0.05, 0.1) is 26.1 Å². The van der Waals surface area contributed by atoms with Crippen LogP contribution in [0.5, 0.6) is 0 Å².